The topological polar surface area (TPSA) is 99.4 Å². The summed E-state index contributed by atoms with van der Waals surface area (Å²) in [6, 6.07) is 13.6. The van der Waals surface area contributed by atoms with Gasteiger partial charge in [-0.3, -0.25) is 9.78 Å². The first kappa shape index (κ1) is 20.8. The Morgan fingerprint density at radius 3 is 2.61 bits per heavy atom. The van der Waals surface area contributed by atoms with Crippen molar-refractivity contribution in [3.8, 4) is 17.7 Å². The van der Waals surface area contributed by atoms with Gasteiger partial charge in [-0.05, 0) is 43.2 Å². The molecule has 0 aliphatic carbocycles. The predicted molar refractivity (Wildman–Crippen MR) is 123 cm³/mol. The number of nitriles is 1. The molecular formula is C25H23N5O3. The second-order valence-corrected chi connectivity index (χ2v) is 8.12. The van der Waals surface area contributed by atoms with Crippen LogP contribution in [0.1, 0.15) is 22.5 Å². The summed E-state index contributed by atoms with van der Waals surface area (Å²) in [5.74, 6) is 1.25. The molecule has 3 aromatic heterocycles. The van der Waals surface area contributed by atoms with Gasteiger partial charge in [-0.2, -0.15) is 10.2 Å². The van der Waals surface area contributed by atoms with Crippen LogP contribution in [0.2, 0.25) is 0 Å². The number of carbonyl (C=O) groups excluding carboxylic acids is 1. The van der Waals surface area contributed by atoms with Crippen LogP contribution in [0.25, 0.3) is 22.6 Å². The lowest BCUT2D eigenvalue weighted by atomic mass is 9.99. The van der Waals surface area contributed by atoms with Gasteiger partial charge in [0.2, 0.25) is 17.5 Å². The van der Waals surface area contributed by atoms with Gasteiger partial charge in [0.1, 0.15) is 6.07 Å². The molecule has 33 heavy (non-hydrogen) atoms. The van der Waals surface area contributed by atoms with Gasteiger partial charge in [0.05, 0.1) is 18.2 Å². The molecule has 166 valence electrons. The minimum atomic E-state index is 0.0762. The summed E-state index contributed by atoms with van der Waals surface area (Å²) in [5.41, 5.74) is 4.16. The van der Waals surface area contributed by atoms with Crippen molar-refractivity contribution in [1.82, 2.24) is 14.9 Å². The molecule has 0 bridgehead atoms. The summed E-state index contributed by atoms with van der Waals surface area (Å²) in [6.07, 6.45) is 1.86. The smallest absolute Gasteiger partial charge is 0.266 e. The maximum absolute atomic E-state index is 13.1. The molecule has 4 aromatic rings. The Morgan fingerprint density at radius 2 is 1.88 bits per heavy atom. The molecule has 1 amide bonds. The van der Waals surface area contributed by atoms with E-state index in [9.17, 15) is 10.1 Å². The maximum Gasteiger partial charge on any atom is 0.266 e. The Labute approximate surface area is 191 Å². The number of nitrogens with zero attached hydrogens (tertiary/aromatic N) is 5. The first-order valence-electron chi connectivity index (χ1n) is 10.9. The van der Waals surface area contributed by atoms with Crippen LogP contribution < -0.4 is 4.90 Å². The van der Waals surface area contributed by atoms with Gasteiger partial charge in [-0.1, -0.05) is 18.2 Å². The van der Waals surface area contributed by atoms with Gasteiger partial charge in [-0.15, -0.1) is 0 Å². The molecule has 0 atom stereocenters. The quantitative estimate of drug-likeness (QED) is 0.474. The SMILES string of the molecule is Cc1nc2ccccc2c(C)c1CC(=O)N1CCN(c2oc(-c3ccco3)nc2C#N)CC1. The minimum Gasteiger partial charge on any atom is -0.459 e. The number of amides is 1. The molecule has 0 radical (unpaired) electrons. The number of furan rings is 1. The van der Waals surface area contributed by atoms with E-state index in [2.05, 4.69) is 18.0 Å². The van der Waals surface area contributed by atoms with E-state index in [1.54, 1.807) is 12.1 Å². The van der Waals surface area contributed by atoms with Crippen molar-refractivity contribution in [1.29, 1.82) is 5.26 Å². The molecule has 1 fully saturated rings. The monoisotopic (exact) mass is 441 g/mol. The van der Waals surface area contributed by atoms with E-state index in [4.69, 9.17) is 13.8 Å². The van der Waals surface area contributed by atoms with Crippen molar-refractivity contribution >= 4 is 22.7 Å². The molecule has 0 spiro atoms. The van der Waals surface area contributed by atoms with E-state index in [0.29, 0.717) is 44.2 Å². The number of aromatic nitrogens is 2. The molecule has 8 nitrogen and oxygen atoms in total. The summed E-state index contributed by atoms with van der Waals surface area (Å²) in [4.78, 5) is 25.9. The highest BCUT2D eigenvalue weighted by atomic mass is 16.4. The number of pyridine rings is 1. The third-order valence-corrected chi connectivity index (χ3v) is 6.18. The lowest BCUT2D eigenvalue weighted by molar-refractivity contribution is -0.130. The third kappa shape index (κ3) is 3.82. The van der Waals surface area contributed by atoms with E-state index < -0.39 is 0 Å². The van der Waals surface area contributed by atoms with E-state index >= 15 is 0 Å². The number of carbonyl (C=O) groups is 1. The first-order valence-corrected chi connectivity index (χ1v) is 10.9. The van der Waals surface area contributed by atoms with E-state index in [1.807, 2.05) is 41.0 Å². The summed E-state index contributed by atoms with van der Waals surface area (Å²) < 4.78 is 11.2. The number of fused-ring (bicyclic) bond motifs is 1. The number of rotatable bonds is 4. The number of hydrogen-bond donors (Lipinski definition) is 0. The van der Waals surface area contributed by atoms with Crippen LogP contribution in [-0.4, -0.2) is 47.0 Å². The maximum atomic E-state index is 13.1. The molecule has 8 heteroatoms. The molecule has 1 aliphatic rings. The van der Waals surface area contributed by atoms with E-state index in [1.165, 1.54) is 6.26 Å². The molecule has 1 saturated heterocycles. The molecule has 1 aromatic carbocycles. The van der Waals surface area contributed by atoms with Crippen LogP contribution in [0.3, 0.4) is 0 Å². The van der Waals surface area contributed by atoms with Gasteiger partial charge in [-0.25, -0.2) is 0 Å². The number of anilines is 1. The average molecular weight is 441 g/mol. The standard InChI is InChI=1S/C25H23N5O3/c1-16-18-6-3-4-7-20(18)27-17(2)19(16)14-23(31)29-9-11-30(12-10-29)25-21(15-26)28-24(33-25)22-8-5-13-32-22/h3-8,13H,9-12,14H2,1-2H3. The van der Waals surface area contributed by atoms with E-state index in [-0.39, 0.29) is 17.5 Å². The summed E-state index contributed by atoms with van der Waals surface area (Å²) in [5, 5.41) is 10.6. The van der Waals surface area contributed by atoms with Gasteiger partial charge in [0.25, 0.3) is 5.89 Å². The van der Waals surface area contributed by atoms with Crippen molar-refractivity contribution < 1.29 is 13.6 Å². The molecule has 0 saturated carbocycles. The molecule has 0 N–H and O–H groups in total. The van der Waals surface area contributed by atoms with Crippen LogP contribution in [0.15, 0.2) is 51.5 Å². The van der Waals surface area contributed by atoms with Crippen molar-refractivity contribution in [3.63, 3.8) is 0 Å². The number of benzene rings is 1. The van der Waals surface area contributed by atoms with Crippen molar-refractivity contribution in [3.05, 3.63) is 65.2 Å². The summed E-state index contributed by atoms with van der Waals surface area (Å²) in [6.45, 7) is 6.22. The molecule has 5 rings (SSSR count). The molecule has 4 heterocycles. The molecular weight excluding hydrogens is 418 g/mol. The Hall–Kier alpha value is -4.12. The zero-order valence-electron chi connectivity index (χ0n) is 18.5. The van der Waals surface area contributed by atoms with Gasteiger partial charge in [0.15, 0.2) is 5.76 Å². The van der Waals surface area contributed by atoms with Crippen molar-refractivity contribution in [2.45, 2.75) is 20.3 Å². The van der Waals surface area contributed by atoms with Crippen molar-refractivity contribution in [2.75, 3.05) is 31.1 Å². The van der Waals surface area contributed by atoms with Crippen LogP contribution in [0, 0.1) is 25.2 Å². The largest absolute Gasteiger partial charge is 0.459 e. The Morgan fingerprint density at radius 1 is 1.09 bits per heavy atom. The Kier molecular flexibility index (Phi) is 5.31. The third-order valence-electron chi connectivity index (χ3n) is 6.18. The normalized spacial score (nSPS) is 14.0. The summed E-state index contributed by atoms with van der Waals surface area (Å²) >= 11 is 0. The minimum absolute atomic E-state index is 0.0762. The first-order chi connectivity index (χ1) is 16.0. The molecule has 0 unspecified atom stereocenters. The van der Waals surface area contributed by atoms with Crippen LogP contribution in [-0.2, 0) is 11.2 Å². The second kappa shape index (κ2) is 8.43. The average Bonchev–Trinajstić information content (AvgIpc) is 3.52. The number of hydrogen-bond acceptors (Lipinski definition) is 7. The van der Waals surface area contributed by atoms with Gasteiger partial charge in [0, 0.05) is 37.3 Å². The Balaban J connectivity index is 1.29. The van der Waals surface area contributed by atoms with Gasteiger partial charge < -0.3 is 18.6 Å². The Bertz CT molecular complexity index is 1360. The second-order valence-electron chi connectivity index (χ2n) is 8.12. The zero-order valence-corrected chi connectivity index (χ0v) is 18.5. The highest BCUT2D eigenvalue weighted by molar-refractivity contribution is 5.86. The summed E-state index contributed by atoms with van der Waals surface area (Å²) in [7, 11) is 0. The number of para-hydroxylation sites is 1. The predicted octanol–water partition coefficient (Wildman–Crippen LogP) is 3.86. The van der Waals surface area contributed by atoms with Gasteiger partial charge >= 0.3 is 0 Å². The van der Waals surface area contributed by atoms with Crippen molar-refractivity contribution in [2.24, 2.45) is 0 Å². The highest BCUT2D eigenvalue weighted by Gasteiger charge is 2.27. The van der Waals surface area contributed by atoms with Crippen LogP contribution >= 0.6 is 0 Å². The fourth-order valence-electron chi connectivity index (χ4n) is 4.36. The number of piperazine rings is 1. The fourth-order valence-corrected chi connectivity index (χ4v) is 4.36. The highest BCUT2D eigenvalue weighted by Crippen LogP contribution is 2.29. The lowest BCUT2D eigenvalue weighted by Crippen LogP contribution is -2.49. The van der Waals surface area contributed by atoms with E-state index in [0.717, 1.165) is 27.7 Å². The number of oxazole rings is 1. The van der Waals surface area contributed by atoms with Crippen LogP contribution in [0.4, 0.5) is 5.88 Å². The number of aryl methyl sites for hydroxylation is 2. The van der Waals surface area contributed by atoms with Crippen LogP contribution in [0.5, 0.6) is 0 Å². The fraction of sp³-hybridized carbons (Fsp3) is 0.280. The lowest BCUT2D eigenvalue weighted by Gasteiger charge is -2.34. The zero-order chi connectivity index (χ0) is 22.9. The molecule has 1 aliphatic heterocycles.